The fourth-order valence-corrected chi connectivity index (χ4v) is 1.11. The first kappa shape index (κ1) is 10.6. The minimum Gasteiger partial charge on any atom is -0.216 e. The van der Waals surface area contributed by atoms with Crippen LogP contribution in [0, 0.1) is 0 Å². The van der Waals surface area contributed by atoms with Crippen LogP contribution in [0.2, 0.25) is 0 Å². The Morgan fingerprint density at radius 2 is 2.20 bits per heavy atom. The molecule has 0 aliphatic carbocycles. The average molecular weight is 278 g/mol. The maximum atomic E-state index is 10.3. The summed E-state index contributed by atoms with van der Waals surface area (Å²) in [6, 6.07) is 0. The van der Waals surface area contributed by atoms with Crippen molar-refractivity contribution in [1.82, 2.24) is 4.72 Å². The van der Waals surface area contributed by atoms with E-state index in [2.05, 4.69) is 32.5 Å². The van der Waals surface area contributed by atoms with E-state index < -0.39 is 10.2 Å². The van der Waals surface area contributed by atoms with Gasteiger partial charge in [-0.3, -0.25) is 0 Å². The molecule has 0 rings (SSSR count). The molecule has 1 atom stereocenters. The molecule has 0 fully saturated rings. The number of hydrogen-bond acceptors (Lipinski definition) is 2. The second-order valence-corrected chi connectivity index (χ2v) is 5.51. The second-order valence-electron chi connectivity index (χ2n) is 2.01. The second kappa shape index (κ2) is 4.47. The van der Waals surface area contributed by atoms with Crippen LogP contribution in [0.15, 0.2) is 0 Å². The Bertz CT molecular complexity index is 178. The molecule has 0 aliphatic heterocycles. The highest BCUT2D eigenvalue weighted by Crippen LogP contribution is 2.01. The molecule has 0 saturated carbocycles. The molecule has 3 N–H and O–H groups in total. The van der Waals surface area contributed by atoms with E-state index in [1.165, 1.54) is 0 Å². The monoisotopic (exact) mass is 278 g/mol. The third kappa shape index (κ3) is 8.60. The van der Waals surface area contributed by atoms with E-state index in [4.69, 9.17) is 0 Å². The first-order valence-corrected chi connectivity index (χ1v) is 5.62. The van der Waals surface area contributed by atoms with E-state index in [-0.39, 0.29) is 0 Å². The Kier molecular flexibility index (Phi) is 4.74. The van der Waals surface area contributed by atoms with Gasteiger partial charge in [-0.05, 0) is 6.42 Å². The summed E-state index contributed by atoms with van der Waals surface area (Å²) in [7, 11) is -3.47. The molecule has 0 bridgehead atoms. The van der Waals surface area contributed by atoms with Gasteiger partial charge in [-0.1, -0.05) is 29.5 Å². The Morgan fingerprint density at radius 1 is 1.70 bits per heavy atom. The number of halogens is 1. The molecular formula is C4H11IN2O2S. The first-order valence-electron chi connectivity index (χ1n) is 2.83. The van der Waals surface area contributed by atoms with Gasteiger partial charge in [0.25, 0.3) is 10.2 Å². The minimum atomic E-state index is -3.47. The van der Waals surface area contributed by atoms with Crippen LogP contribution in [0.1, 0.15) is 13.3 Å². The van der Waals surface area contributed by atoms with Crippen LogP contribution in [0.3, 0.4) is 0 Å². The Balaban J connectivity index is 3.39. The van der Waals surface area contributed by atoms with E-state index in [0.717, 1.165) is 6.42 Å². The van der Waals surface area contributed by atoms with Crippen LogP contribution in [0.5, 0.6) is 0 Å². The molecule has 0 aromatic heterocycles. The quantitative estimate of drug-likeness (QED) is 0.561. The number of hydrogen-bond donors (Lipinski definition) is 2. The molecule has 4 nitrogen and oxygen atoms in total. The first-order chi connectivity index (χ1) is 4.42. The maximum absolute atomic E-state index is 10.3. The normalized spacial score (nSPS) is 15.1. The van der Waals surface area contributed by atoms with Crippen LogP contribution < -0.4 is 9.86 Å². The lowest BCUT2D eigenvalue weighted by Crippen LogP contribution is -2.32. The van der Waals surface area contributed by atoms with E-state index in [0.29, 0.717) is 10.5 Å². The van der Waals surface area contributed by atoms with Crippen molar-refractivity contribution in [3.05, 3.63) is 0 Å². The Hall–Kier alpha value is 0.600. The predicted molar refractivity (Wildman–Crippen MR) is 49.2 cm³/mol. The molecule has 0 spiro atoms. The lowest BCUT2D eigenvalue weighted by molar-refractivity contribution is 0.581. The zero-order valence-electron chi connectivity index (χ0n) is 5.67. The molecule has 0 aromatic rings. The lowest BCUT2D eigenvalue weighted by Gasteiger charge is -2.02. The minimum absolute atomic E-state index is 0.420. The van der Waals surface area contributed by atoms with Crippen molar-refractivity contribution >= 4 is 32.8 Å². The zero-order chi connectivity index (χ0) is 8.20. The van der Waals surface area contributed by atoms with E-state index >= 15 is 0 Å². The number of nitrogens with two attached hydrogens (primary N) is 1. The highest BCUT2D eigenvalue weighted by molar-refractivity contribution is 14.1. The molecule has 0 heterocycles. The number of alkyl halides is 1. The van der Waals surface area contributed by atoms with Crippen LogP contribution in [-0.2, 0) is 10.2 Å². The van der Waals surface area contributed by atoms with Crippen LogP contribution in [-0.4, -0.2) is 18.9 Å². The smallest absolute Gasteiger partial charge is 0.216 e. The molecule has 0 aliphatic rings. The van der Waals surface area contributed by atoms with Gasteiger partial charge in [-0.15, -0.1) is 0 Å². The summed E-state index contributed by atoms with van der Waals surface area (Å²) in [5, 5.41) is 4.68. The van der Waals surface area contributed by atoms with Gasteiger partial charge in [0.05, 0.1) is 0 Å². The molecule has 10 heavy (non-hydrogen) atoms. The summed E-state index contributed by atoms with van der Waals surface area (Å²) >= 11 is 2.22. The van der Waals surface area contributed by atoms with Gasteiger partial charge in [-0.2, -0.15) is 8.42 Å². The largest absolute Gasteiger partial charge is 0.274 e. The summed E-state index contributed by atoms with van der Waals surface area (Å²) in [6.07, 6.45) is 0.803. The van der Waals surface area contributed by atoms with Gasteiger partial charge in [-0.25, -0.2) is 9.86 Å². The lowest BCUT2D eigenvalue weighted by atomic mass is 10.3. The van der Waals surface area contributed by atoms with Gasteiger partial charge < -0.3 is 0 Å². The van der Waals surface area contributed by atoms with Crippen LogP contribution >= 0.6 is 22.6 Å². The van der Waals surface area contributed by atoms with Crippen molar-refractivity contribution in [2.24, 2.45) is 5.14 Å². The van der Waals surface area contributed by atoms with Crippen molar-refractivity contribution in [3.63, 3.8) is 0 Å². The topological polar surface area (TPSA) is 72.2 Å². The zero-order valence-corrected chi connectivity index (χ0v) is 8.65. The van der Waals surface area contributed by atoms with Crippen molar-refractivity contribution in [2.75, 3.05) is 6.54 Å². The highest BCUT2D eigenvalue weighted by atomic mass is 127. The molecule has 6 heteroatoms. The number of nitrogens with one attached hydrogen (secondary N) is 1. The fourth-order valence-electron chi connectivity index (χ4n) is 0.400. The van der Waals surface area contributed by atoms with Crippen LogP contribution in [0.25, 0.3) is 0 Å². The SMILES string of the molecule is C[C@H](I)CCNS(N)(=O)=O. The van der Waals surface area contributed by atoms with E-state index in [1.807, 2.05) is 6.92 Å². The standard InChI is InChI=1S/C4H11IN2O2S/c1-4(5)2-3-7-10(6,8)9/h4,7H,2-3H2,1H3,(H2,6,8,9)/t4-/m0/s1. The maximum Gasteiger partial charge on any atom is 0.274 e. The summed E-state index contributed by atoms with van der Waals surface area (Å²) in [5.41, 5.74) is 0. The van der Waals surface area contributed by atoms with Crippen molar-refractivity contribution < 1.29 is 8.42 Å². The molecule has 62 valence electrons. The molecule has 0 amide bonds. The third-order valence-corrected chi connectivity index (χ3v) is 2.07. The predicted octanol–water partition coefficient (Wildman–Crippen LogP) is -0.00690. The summed E-state index contributed by atoms with van der Waals surface area (Å²) < 4.78 is 23.2. The Morgan fingerprint density at radius 3 is 2.50 bits per heavy atom. The van der Waals surface area contributed by atoms with Gasteiger partial charge in [0, 0.05) is 10.5 Å². The molecule has 0 aromatic carbocycles. The average Bonchev–Trinajstić information content (AvgIpc) is 1.59. The van der Waals surface area contributed by atoms with E-state index in [1.54, 1.807) is 0 Å². The van der Waals surface area contributed by atoms with Crippen molar-refractivity contribution in [3.8, 4) is 0 Å². The fraction of sp³-hybridized carbons (Fsp3) is 1.00. The van der Waals surface area contributed by atoms with Crippen molar-refractivity contribution in [2.45, 2.75) is 17.3 Å². The van der Waals surface area contributed by atoms with Gasteiger partial charge >= 0.3 is 0 Å². The van der Waals surface area contributed by atoms with Crippen LogP contribution in [0.4, 0.5) is 0 Å². The molecular weight excluding hydrogens is 267 g/mol. The molecule has 0 saturated heterocycles. The van der Waals surface area contributed by atoms with E-state index in [9.17, 15) is 8.42 Å². The van der Waals surface area contributed by atoms with Crippen molar-refractivity contribution in [1.29, 1.82) is 0 Å². The molecule has 0 radical (unpaired) electrons. The Labute approximate surface area is 74.9 Å². The van der Waals surface area contributed by atoms with Gasteiger partial charge in [0.2, 0.25) is 0 Å². The highest BCUT2D eigenvalue weighted by Gasteiger charge is 2.00. The molecule has 0 unspecified atom stereocenters. The summed E-state index contributed by atoms with van der Waals surface area (Å²) in [6.45, 7) is 2.42. The van der Waals surface area contributed by atoms with Gasteiger partial charge in [0.15, 0.2) is 0 Å². The third-order valence-electron chi connectivity index (χ3n) is 0.845. The van der Waals surface area contributed by atoms with Gasteiger partial charge in [0.1, 0.15) is 0 Å². The number of rotatable bonds is 4. The summed E-state index contributed by atoms with van der Waals surface area (Å²) in [4.78, 5) is 0. The summed E-state index contributed by atoms with van der Waals surface area (Å²) in [5.74, 6) is 0.